The summed E-state index contributed by atoms with van der Waals surface area (Å²) in [5.41, 5.74) is 9.88. The Morgan fingerprint density at radius 1 is 1.05 bits per heavy atom. The van der Waals surface area contributed by atoms with E-state index >= 15 is 0 Å². The number of rotatable bonds is 10. The van der Waals surface area contributed by atoms with Crippen molar-refractivity contribution in [1.82, 2.24) is 15.2 Å². The Kier molecular flexibility index (Phi) is 11.2. The molecule has 2 fully saturated rings. The molecular formula is C31H37Cl2N5O2S2. The van der Waals surface area contributed by atoms with E-state index in [-0.39, 0.29) is 23.8 Å². The molecule has 11 heteroatoms. The number of nitrogens with one attached hydrogen (secondary N) is 2. The molecule has 1 aliphatic heterocycles. The Hall–Kier alpha value is -2.14. The zero-order valence-corrected chi connectivity index (χ0v) is 26.6. The highest BCUT2D eigenvalue weighted by atomic mass is 35.5. The minimum Gasteiger partial charge on any atom is -0.353 e. The lowest BCUT2D eigenvalue weighted by atomic mass is 9.84. The van der Waals surface area contributed by atoms with Crippen LogP contribution >= 0.6 is 46.3 Å². The second-order valence-corrected chi connectivity index (χ2v) is 14.0. The van der Waals surface area contributed by atoms with Crippen molar-refractivity contribution in [1.29, 1.82) is 0 Å². The number of anilines is 1. The lowest BCUT2D eigenvalue weighted by Crippen LogP contribution is -2.44. The number of nitrogens with zero attached hydrogens (tertiary/aromatic N) is 2. The van der Waals surface area contributed by atoms with Gasteiger partial charge in [0.15, 0.2) is 4.34 Å². The van der Waals surface area contributed by atoms with Gasteiger partial charge in [0.25, 0.3) is 0 Å². The molecule has 1 aliphatic carbocycles. The van der Waals surface area contributed by atoms with Gasteiger partial charge in [0.2, 0.25) is 11.8 Å². The van der Waals surface area contributed by atoms with Gasteiger partial charge in [-0.3, -0.25) is 14.5 Å². The number of thioether (sulfide) groups is 1. The lowest BCUT2D eigenvalue weighted by Gasteiger charge is -2.32. The molecule has 2 amide bonds. The average Bonchev–Trinajstić information content (AvgIpc) is 3.48. The van der Waals surface area contributed by atoms with E-state index in [1.807, 2.05) is 47.8 Å². The summed E-state index contributed by atoms with van der Waals surface area (Å²) in [6.45, 7) is 2.66. The second-order valence-electron chi connectivity index (χ2n) is 11.1. The molecule has 224 valence electrons. The Labute approximate surface area is 265 Å². The van der Waals surface area contributed by atoms with Crippen molar-refractivity contribution in [3.05, 3.63) is 63.5 Å². The number of thiazole rings is 1. The first-order valence-corrected chi connectivity index (χ1v) is 17.2. The van der Waals surface area contributed by atoms with E-state index in [4.69, 9.17) is 33.9 Å². The van der Waals surface area contributed by atoms with E-state index < -0.39 is 6.04 Å². The van der Waals surface area contributed by atoms with Crippen molar-refractivity contribution in [3.8, 4) is 11.3 Å². The van der Waals surface area contributed by atoms with E-state index in [1.54, 1.807) is 0 Å². The van der Waals surface area contributed by atoms with Crippen molar-refractivity contribution in [2.24, 2.45) is 11.7 Å². The molecule has 0 spiro atoms. The van der Waals surface area contributed by atoms with Crippen LogP contribution < -0.4 is 16.4 Å². The number of hydrogen-bond acceptors (Lipinski definition) is 7. The van der Waals surface area contributed by atoms with E-state index in [9.17, 15) is 9.59 Å². The minimum absolute atomic E-state index is 0.0266. The zero-order valence-electron chi connectivity index (χ0n) is 23.5. The Balaban J connectivity index is 1.05. The van der Waals surface area contributed by atoms with Gasteiger partial charge in [-0.2, -0.15) is 0 Å². The third kappa shape index (κ3) is 8.71. The van der Waals surface area contributed by atoms with Crippen LogP contribution in [0.4, 0.5) is 5.69 Å². The van der Waals surface area contributed by atoms with Gasteiger partial charge in [0.05, 0.1) is 27.5 Å². The fraction of sp³-hybridized carbons (Fsp3) is 0.452. The molecule has 0 radical (unpaired) electrons. The number of carbonyl (C=O) groups is 2. The topological polar surface area (TPSA) is 100 Å². The normalized spacial score (nSPS) is 17.6. The summed E-state index contributed by atoms with van der Waals surface area (Å²) in [7, 11) is 0. The summed E-state index contributed by atoms with van der Waals surface area (Å²) in [5, 5.41) is 9.31. The number of nitrogens with two attached hydrogens (primary N) is 1. The zero-order chi connectivity index (χ0) is 29.5. The number of halogens is 2. The number of hydrogen-bond donors (Lipinski definition) is 3. The highest BCUT2D eigenvalue weighted by Crippen LogP contribution is 2.30. The van der Waals surface area contributed by atoms with E-state index in [1.165, 1.54) is 29.5 Å². The SMILES string of the molecule is NC(C(=O)Nc1cccc(-c2csc(SCC(=O)NC3CCN(Cc4ccc(Cl)c(Cl)c4)CC3)n2)c1)C1CCCCC1. The average molecular weight is 647 g/mol. The predicted octanol–water partition coefficient (Wildman–Crippen LogP) is 6.84. The van der Waals surface area contributed by atoms with E-state index in [0.29, 0.717) is 21.5 Å². The number of carbonyl (C=O) groups excluding carboxylic acids is 2. The highest BCUT2D eigenvalue weighted by molar-refractivity contribution is 8.01. The molecule has 0 bridgehead atoms. The second kappa shape index (κ2) is 15.0. The standard InChI is InChI=1S/C31H37Cl2N5O2S2/c32-25-10-9-20(15-26(25)33)17-38-13-11-23(12-14-38)35-28(39)19-42-31-37-27(18-41-31)22-7-4-8-24(16-22)36-30(40)29(34)21-5-2-1-3-6-21/h4,7-10,15-16,18,21,23,29H,1-3,5-6,11-14,17,19,34H2,(H,35,39)(H,36,40). The summed E-state index contributed by atoms with van der Waals surface area (Å²) in [6, 6.07) is 13.1. The van der Waals surface area contributed by atoms with E-state index in [0.717, 1.165) is 79.3 Å². The van der Waals surface area contributed by atoms with Crippen molar-refractivity contribution >= 4 is 63.8 Å². The fourth-order valence-electron chi connectivity index (χ4n) is 5.67. The molecule has 2 aromatic carbocycles. The van der Waals surface area contributed by atoms with Crippen LogP contribution in [-0.2, 0) is 16.1 Å². The number of aromatic nitrogens is 1. The predicted molar refractivity (Wildman–Crippen MR) is 174 cm³/mol. The third-order valence-corrected chi connectivity index (χ3v) is 10.8. The molecular weight excluding hydrogens is 609 g/mol. The molecule has 4 N–H and O–H groups in total. The first-order valence-electron chi connectivity index (χ1n) is 14.5. The van der Waals surface area contributed by atoms with Crippen LogP contribution in [0.5, 0.6) is 0 Å². The summed E-state index contributed by atoms with van der Waals surface area (Å²) in [6.07, 6.45) is 7.39. The van der Waals surface area contributed by atoms with Crippen molar-refractivity contribution < 1.29 is 9.59 Å². The number of amides is 2. The van der Waals surface area contributed by atoms with Crippen LogP contribution in [0.15, 0.2) is 52.2 Å². The first-order chi connectivity index (χ1) is 20.3. The Morgan fingerprint density at radius 3 is 2.60 bits per heavy atom. The minimum atomic E-state index is -0.482. The summed E-state index contributed by atoms with van der Waals surface area (Å²) in [4.78, 5) is 32.5. The molecule has 42 heavy (non-hydrogen) atoms. The molecule has 1 saturated carbocycles. The lowest BCUT2D eigenvalue weighted by molar-refractivity contribution is -0.120. The van der Waals surface area contributed by atoms with Gasteiger partial charge >= 0.3 is 0 Å². The van der Waals surface area contributed by atoms with Crippen LogP contribution in [0.1, 0.15) is 50.5 Å². The van der Waals surface area contributed by atoms with Crippen molar-refractivity contribution in [2.75, 3.05) is 24.2 Å². The third-order valence-electron chi connectivity index (χ3n) is 8.04. The Bertz CT molecular complexity index is 1370. The van der Waals surface area contributed by atoms with Gasteiger partial charge in [-0.05, 0) is 61.4 Å². The summed E-state index contributed by atoms with van der Waals surface area (Å²) in [5.74, 6) is 0.478. The van der Waals surface area contributed by atoms with Gasteiger partial charge in [-0.1, -0.05) is 72.4 Å². The van der Waals surface area contributed by atoms with Crippen LogP contribution in [0, 0.1) is 5.92 Å². The fourth-order valence-corrected chi connectivity index (χ4v) is 7.64. The van der Waals surface area contributed by atoms with Crippen molar-refractivity contribution in [2.45, 2.75) is 67.9 Å². The summed E-state index contributed by atoms with van der Waals surface area (Å²) >= 11 is 15.1. The van der Waals surface area contributed by atoms with Gasteiger partial charge in [-0.25, -0.2) is 4.98 Å². The molecule has 2 aliphatic rings. The molecule has 2 heterocycles. The maximum atomic E-state index is 12.8. The molecule has 5 rings (SSSR count). The van der Waals surface area contributed by atoms with Gasteiger partial charge in [0, 0.05) is 42.3 Å². The maximum absolute atomic E-state index is 12.8. The molecule has 3 aromatic rings. The number of likely N-dealkylation sites (tertiary alicyclic amines) is 1. The van der Waals surface area contributed by atoms with Gasteiger partial charge in [0.1, 0.15) is 0 Å². The quantitative estimate of drug-likeness (QED) is 0.209. The highest BCUT2D eigenvalue weighted by Gasteiger charge is 2.26. The summed E-state index contributed by atoms with van der Waals surface area (Å²) < 4.78 is 0.838. The van der Waals surface area contributed by atoms with E-state index in [2.05, 4.69) is 15.5 Å². The molecule has 7 nitrogen and oxygen atoms in total. The number of piperidine rings is 1. The van der Waals surface area contributed by atoms with Crippen molar-refractivity contribution in [3.63, 3.8) is 0 Å². The van der Waals surface area contributed by atoms with Crippen LogP contribution in [0.2, 0.25) is 10.0 Å². The monoisotopic (exact) mass is 645 g/mol. The molecule has 1 atom stereocenters. The first kappa shape index (κ1) is 31.3. The molecule has 1 saturated heterocycles. The Morgan fingerprint density at radius 2 is 1.83 bits per heavy atom. The molecule has 1 unspecified atom stereocenters. The van der Waals surface area contributed by atoms with Gasteiger partial charge in [-0.15, -0.1) is 11.3 Å². The smallest absolute Gasteiger partial charge is 0.241 e. The maximum Gasteiger partial charge on any atom is 0.241 e. The molecule has 1 aromatic heterocycles. The van der Waals surface area contributed by atoms with Gasteiger partial charge < -0.3 is 16.4 Å². The van der Waals surface area contributed by atoms with Crippen LogP contribution in [0.25, 0.3) is 11.3 Å². The number of benzene rings is 2. The van der Waals surface area contributed by atoms with Crippen LogP contribution in [-0.4, -0.2) is 52.6 Å². The van der Waals surface area contributed by atoms with Crippen LogP contribution in [0.3, 0.4) is 0 Å². The largest absolute Gasteiger partial charge is 0.353 e.